The molecule has 1 aromatic carbocycles. The van der Waals surface area contributed by atoms with Crippen LogP contribution < -0.4 is 15.8 Å². The number of fused-ring (bicyclic) bond motifs is 1. The molecule has 33 heavy (non-hydrogen) atoms. The number of nitrogens with two attached hydrogens (primary N) is 1. The molecule has 3 heterocycles. The monoisotopic (exact) mass is 466 g/mol. The van der Waals surface area contributed by atoms with E-state index in [1.807, 2.05) is 26.8 Å². The van der Waals surface area contributed by atoms with Crippen LogP contribution in [0.2, 0.25) is 0 Å². The third-order valence-corrected chi connectivity index (χ3v) is 7.78. The number of halogens is 1. The molecule has 0 saturated heterocycles. The number of hydrogen-bond donors (Lipinski definition) is 2. The Labute approximate surface area is 196 Å². The van der Waals surface area contributed by atoms with Crippen molar-refractivity contribution in [2.75, 3.05) is 17.7 Å². The topological polar surface area (TPSA) is 98.3 Å². The molecule has 3 aromatic rings. The molecule has 1 atom stereocenters. The van der Waals surface area contributed by atoms with Crippen LogP contribution in [-0.4, -0.2) is 37.9 Å². The highest BCUT2D eigenvalue weighted by Crippen LogP contribution is 2.42. The van der Waals surface area contributed by atoms with Gasteiger partial charge < -0.3 is 15.8 Å². The maximum Gasteiger partial charge on any atom is 0.160 e. The quantitative estimate of drug-likeness (QED) is 0.539. The molecular weight excluding hydrogens is 439 g/mol. The Morgan fingerprint density at radius 1 is 1.18 bits per heavy atom. The summed E-state index contributed by atoms with van der Waals surface area (Å²) in [6.07, 6.45) is 5.62. The number of aromatic nitrogens is 3. The average Bonchev–Trinajstić information content (AvgIpc) is 3.61. The van der Waals surface area contributed by atoms with Gasteiger partial charge in [0.05, 0.1) is 28.6 Å². The van der Waals surface area contributed by atoms with E-state index in [1.165, 1.54) is 25.2 Å². The SMILES string of the molecule is CC1(C)SCC(C)(c2cc(Nc3ncnc4cc(OCC5CC5)cnc34)ccc2F)N=C1N. The smallest absolute Gasteiger partial charge is 0.160 e. The number of ether oxygens (including phenoxy) is 1. The number of hydrogen-bond acceptors (Lipinski definition) is 8. The summed E-state index contributed by atoms with van der Waals surface area (Å²) in [7, 11) is 0. The van der Waals surface area contributed by atoms with Crippen molar-refractivity contribution in [1.82, 2.24) is 15.0 Å². The Balaban J connectivity index is 1.43. The highest BCUT2D eigenvalue weighted by Gasteiger charge is 2.39. The molecule has 0 bridgehead atoms. The first-order chi connectivity index (χ1) is 15.7. The van der Waals surface area contributed by atoms with Gasteiger partial charge in [-0.1, -0.05) is 0 Å². The molecule has 1 unspecified atom stereocenters. The van der Waals surface area contributed by atoms with Gasteiger partial charge in [-0.15, -0.1) is 11.8 Å². The predicted molar refractivity (Wildman–Crippen MR) is 131 cm³/mol. The lowest BCUT2D eigenvalue weighted by Gasteiger charge is -2.38. The van der Waals surface area contributed by atoms with Gasteiger partial charge in [-0.3, -0.25) is 4.99 Å². The molecule has 5 rings (SSSR count). The first kappa shape index (κ1) is 21.9. The van der Waals surface area contributed by atoms with E-state index in [1.54, 1.807) is 30.1 Å². The molecule has 3 N–H and O–H groups in total. The van der Waals surface area contributed by atoms with Crippen molar-refractivity contribution in [2.45, 2.75) is 43.9 Å². The van der Waals surface area contributed by atoms with Gasteiger partial charge in [-0.25, -0.2) is 19.3 Å². The minimum atomic E-state index is -0.758. The number of benzene rings is 1. The summed E-state index contributed by atoms with van der Waals surface area (Å²) in [6.45, 7) is 6.68. The summed E-state index contributed by atoms with van der Waals surface area (Å²) >= 11 is 1.68. The van der Waals surface area contributed by atoms with Gasteiger partial charge in [-0.05, 0) is 57.7 Å². The maximum atomic E-state index is 14.9. The largest absolute Gasteiger partial charge is 0.492 e. The lowest BCUT2D eigenvalue weighted by atomic mass is 9.92. The second-order valence-corrected chi connectivity index (χ2v) is 11.0. The fraction of sp³-hybridized carbons (Fsp3) is 0.417. The Hall–Kier alpha value is -2.94. The minimum absolute atomic E-state index is 0.265. The van der Waals surface area contributed by atoms with Crippen LogP contribution in [0.15, 0.2) is 41.8 Å². The van der Waals surface area contributed by atoms with Crippen LogP contribution in [0, 0.1) is 11.7 Å². The molecule has 2 aliphatic rings. The fourth-order valence-electron chi connectivity index (χ4n) is 3.71. The summed E-state index contributed by atoms with van der Waals surface area (Å²) in [4.78, 5) is 17.9. The molecule has 1 saturated carbocycles. The average molecular weight is 467 g/mol. The zero-order chi connectivity index (χ0) is 23.2. The molecule has 9 heteroatoms. The van der Waals surface area contributed by atoms with Crippen molar-refractivity contribution in [1.29, 1.82) is 0 Å². The Bertz CT molecular complexity index is 1240. The molecular formula is C24H27FN6OS. The summed E-state index contributed by atoms with van der Waals surface area (Å²) < 4.78 is 20.4. The molecule has 0 radical (unpaired) electrons. The fourth-order valence-corrected chi connectivity index (χ4v) is 4.77. The van der Waals surface area contributed by atoms with Gasteiger partial charge in [0.25, 0.3) is 0 Å². The number of thioether (sulfide) groups is 1. The van der Waals surface area contributed by atoms with Crippen molar-refractivity contribution < 1.29 is 9.13 Å². The van der Waals surface area contributed by atoms with Gasteiger partial charge >= 0.3 is 0 Å². The van der Waals surface area contributed by atoms with E-state index in [4.69, 9.17) is 15.5 Å². The minimum Gasteiger partial charge on any atom is -0.492 e. The van der Waals surface area contributed by atoms with E-state index in [-0.39, 0.29) is 10.6 Å². The van der Waals surface area contributed by atoms with Crippen LogP contribution in [0.3, 0.4) is 0 Å². The summed E-state index contributed by atoms with van der Waals surface area (Å²) in [5.41, 5.74) is 7.92. The van der Waals surface area contributed by atoms with Gasteiger partial charge in [0, 0.05) is 23.1 Å². The Morgan fingerprint density at radius 2 is 2.00 bits per heavy atom. The van der Waals surface area contributed by atoms with Crippen molar-refractivity contribution >= 4 is 40.1 Å². The number of amidine groups is 1. The van der Waals surface area contributed by atoms with E-state index in [2.05, 4.69) is 20.3 Å². The Kier molecular flexibility index (Phi) is 5.39. The van der Waals surface area contributed by atoms with Crippen LogP contribution in [0.1, 0.15) is 39.2 Å². The lowest BCUT2D eigenvalue weighted by molar-refractivity contribution is 0.299. The molecule has 2 aromatic heterocycles. The van der Waals surface area contributed by atoms with Crippen LogP contribution in [0.5, 0.6) is 5.75 Å². The molecule has 7 nitrogen and oxygen atoms in total. The molecule has 1 aliphatic carbocycles. The van der Waals surface area contributed by atoms with Crippen molar-refractivity contribution in [3.63, 3.8) is 0 Å². The van der Waals surface area contributed by atoms with E-state index < -0.39 is 5.54 Å². The van der Waals surface area contributed by atoms with E-state index in [0.29, 0.717) is 58.0 Å². The molecule has 1 aliphatic heterocycles. The van der Waals surface area contributed by atoms with E-state index in [9.17, 15) is 4.39 Å². The number of rotatable bonds is 6. The van der Waals surface area contributed by atoms with Crippen LogP contribution in [0.4, 0.5) is 15.9 Å². The Morgan fingerprint density at radius 3 is 2.76 bits per heavy atom. The van der Waals surface area contributed by atoms with Crippen LogP contribution in [-0.2, 0) is 5.54 Å². The van der Waals surface area contributed by atoms with Gasteiger partial charge in [0.1, 0.15) is 29.2 Å². The van der Waals surface area contributed by atoms with Crippen molar-refractivity contribution in [2.24, 2.45) is 16.6 Å². The first-order valence-electron chi connectivity index (χ1n) is 11.0. The normalized spacial score (nSPS) is 22.1. The highest BCUT2D eigenvalue weighted by atomic mass is 32.2. The van der Waals surface area contributed by atoms with Crippen LogP contribution >= 0.6 is 11.8 Å². The standard InChI is InChI=1S/C24H27FN6OS/c1-23(2)22(26)31-24(3,12-33-23)17-8-15(6-7-18(17)25)30-21-20-19(28-13-29-21)9-16(10-27-20)32-11-14-4-5-14/h6-10,13-14H,4-5,11-12H2,1-3H3,(H2,26,31)(H,28,29,30). The number of aliphatic imine (C=N–C) groups is 1. The van der Waals surface area contributed by atoms with Gasteiger partial charge in [-0.2, -0.15) is 0 Å². The molecule has 1 fully saturated rings. The lowest BCUT2D eigenvalue weighted by Crippen LogP contribution is -2.44. The summed E-state index contributed by atoms with van der Waals surface area (Å²) in [6, 6.07) is 6.76. The van der Waals surface area contributed by atoms with Crippen molar-refractivity contribution in [3.8, 4) is 5.75 Å². The first-order valence-corrected chi connectivity index (χ1v) is 12.0. The highest BCUT2D eigenvalue weighted by molar-refractivity contribution is 8.01. The second kappa shape index (κ2) is 8.13. The molecule has 172 valence electrons. The zero-order valence-electron chi connectivity index (χ0n) is 18.9. The maximum absolute atomic E-state index is 14.9. The summed E-state index contributed by atoms with van der Waals surface area (Å²) in [5, 5.41) is 3.27. The van der Waals surface area contributed by atoms with Crippen LogP contribution in [0.25, 0.3) is 11.0 Å². The zero-order valence-corrected chi connectivity index (χ0v) is 19.7. The van der Waals surface area contributed by atoms with Gasteiger partial charge in [0.15, 0.2) is 5.82 Å². The third kappa shape index (κ3) is 4.46. The molecule has 0 amide bonds. The van der Waals surface area contributed by atoms with E-state index in [0.717, 1.165) is 0 Å². The number of nitrogens with zero attached hydrogens (tertiary/aromatic N) is 4. The number of anilines is 2. The third-order valence-electron chi connectivity index (χ3n) is 6.14. The second-order valence-electron chi connectivity index (χ2n) is 9.40. The van der Waals surface area contributed by atoms with Crippen molar-refractivity contribution in [3.05, 3.63) is 48.2 Å². The molecule has 0 spiro atoms. The van der Waals surface area contributed by atoms with Gasteiger partial charge in [0.2, 0.25) is 0 Å². The summed E-state index contributed by atoms with van der Waals surface area (Å²) in [5.74, 6) is 2.73. The van der Waals surface area contributed by atoms with E-state index >= 15 is 0 Å². The number of nitrogens with one attached hydrogen (secondary N) is 1. The number of pyridine rings is 1. The predicted octanol–water partition coefficient (Wildman–Crippen LogP) is 4.79.